The third kappa shape index (κ3) is 3.20. The summed E-state index contributed by atoms with van der Waals surface area (Å²) in [5.74, 6) is 1.55. The molecule has 0 aromatic heterocycles. The Morgan fingerprint density at radius 1 is 1.53 bits per heavy atom. The molecule has 2 N–H and O–H groups in total. The Bertz CT molecular complexity index is 244. The predicted molar refractivity (Wildman–Crippen MR) is 62.3 cm³/mol. The first-order valence-corrected chi connectivity index (χ1v) is 5.74. The fraction of sp³-hybridized carbons (Fsp3) is 0.917. The number of likely N-dealkylation sites (N-methyl/N-ethyl adjacent to an activating group) is 1. The van der Waals surface area contributed by atoms with Crippen LogP contribution in [-0.2, 0) is 4.79 Å². The third-order valence-electron chi connectivity index (χ3n) is 3.36. The van der Waals surface area contributed by atoms with Crippen LogP contribution in [0.5, 0.6) is 0 Å². The van der Waals surface area contributed by atoms with Crippen molar-refractivity contribution >= 4 is 5.91 Å². The summed E-state index contributed by atoms with van der Waals surface area (Å²) in [5, 5.41) is 0. The summed E-state index contributed by atoms with van der Waals surface area (Å²) in [6.07, 6.45) is 1.25. The molecule has 3 nitrogen and oxygen atoms in total. The van der Waals surface area contributed by atoms with Crippen molar-refractivity contribution in [2.75, 3.05) is 13.6 Å². The van der Waals surface area contributed by atoms with Crippen molar-refractivity contribution in [2.45, 2.75) is 40.2 Å². The van der Waals surface area contributed by atoms with E-state index in [1.54, 1.807) is 4.90 Å². The molecule has 1 amide bonds. The van der Waals surface area contributed by atoms with Crippen molar-refractivity contribution in [3.8, 4) is 0 Å². The minimum Gasteiger partial charge on any atom is -0.344 e. The van der Waals surface area contributed by atoms with Crippen LogP contribution in [0.4, 0.5) is 0 Å². The summed E-state index contributed by atoms with van der Waals surface area (Å²) in [5.41, 5.74) is 5.78. The zero-order valence-corrected chi connectivity index (χ0v) is 10.6. The predicted octanol–water partition coefficient (Wildman–Crippen LogP) is 1.47. The second-order valence-electron chi connectivity index (χ2n) is 6.04. The maximum atomic E-state index is 12.0. The van der Waals surface area contributed by atoms with Crippen molar-refractivity contribution in [1.82, 2.24) is 4.90 Å². The number of nitrogens with zero attached hydrogens (tertiary/aromatic N) is 1. The Hall–Kier alpha value is -0.570. The van der Waals surface area contributed by atoms with Crippen LogP contribution < -0.4 is 5.73 Å². The summed E-state index contributed by atoms with van der Waals surface area (Å²) in [7, 11) is 1.86. The maximum Gasteiger partial charge on any atom is 0.239 e. The molecule has 1 rings (SSSR count). The van der Waals surface area contributed by atoms with Crippen LogP contribution in [0.2, 0.25) is 0 Å². The van der Waals surface area contributed by atoms with E-state index in [0.29, 0.717) is 5.92 Å². The van der Waals surface area contributed by atoms with Gasteiger partial charge in [-0.2, -0.15) is 0 Å². The van der Waals surface area contributed by atoms with Gasteiger partial charge in [0.25, 0.3) is 0 Å². The van der Waals surface area contributed by atoms with Gasteiger partial charge in [-0.3, -0.25) is 4.79 Å². The van der Waals surface area contributed by atoms with E-state index in [1.807, 2.05) is 27.8 Å². The Morgan fingerprint density at radius 3 is 2.33 bits per heavy atom. The van der Waals surface area contributed by atoms with Crippen LogP contribution in [0.1, 0.15) is 34.1 Å². The van der Waals surface area contributed by atoms with Crippen molar-refractivity contribution in [3.05, 3.63) is 0 Å². The molecule has 3 atom stereocenters. The van der Waals surface area contributed by atoms with Gasteiger partial charge in [0.2, 0.25) is 5.91 Å². The highest BCUT2D eigenvalue weighted by atomic mass is 16.2. The lowest BCUT2D eigenvalue weighted by Gasteiger charge is -2.30. The molecule has 0 aromatic carbocycles. The van der Waals surface area contributed by atoms with Gasteiger partial charge in [-0.25, -0.2) is 0 Å². The van der Waals surface area contributed by atoms with E-state index in [4.69, 9.17) is 5.73 Å². The number of hydrogen-bond acceptors (Lipinski definition) is 2. The average Bonchev–Trinajstić information content (AvgIpc) is 2.77. The van der Waals surface area contributed by atoms with Crippen molar-refractivity contribution in [3.63, 3.8) is 0 Å². The highest BCUT2D eigenvalue weighted by molar-refractivity contribution is 5.82. The second kappa shape index (κ2) is 4.12. The SMILES string of the molecule is CC1CC1CN(C)C(=O)[C@@H](N)C(C)(C)C. The van der Waals surface area contributed by atoms with Gasteiger partial charge in [0.05, 0.1) is 6.04 Å². The van der Waals surface area contributed by atoms with Gasteiger partial charge in [-0.15, -0.1) is 0 Å². The molecular formula is C12H24N2O. The fourth-order valence-electron chi connectivity index (χ4n) is 1.70. The lowest BCUT2D eigenvalue weighted by molar-refractivity contribution is -0.133. The van der Waals surface area contributed by atoms with Crippen LogP contribution >= 0.6 is 0 Å². The highest BCUT2D eigenvalue weighted by Gasteiger charge is 2.36. The van der Waals surface area contributed by atoms with E-state index < -0.39 is 6.04 Å². The summed E-state index contributed by atoms with van der Waals surface area (Å²) in [4.78, 5) is 13.8. The zero-order chi connectivity index (χ0) is 11.8. The quantitative estimate of drug-likeness (QED) is 0.770. The fourth-order valence-corrected chi connectivity index (χ4v) is 1.70. The van der Waals surface area contributed by atoms with Crippen LogP contribution in [0.3, 0.4) is 0 Å². The van der Waals surface area contributed by atoms with Gasteiger partial charge in [0.15, 0.2) is 0 Å². The molecule has 0 aliphatic heterocycles. The maximum absolute atomic E-state index is 12.0. The standard InChI is InChI=1S/C12H24N2O/c1-8-6-9(8)7-14(5)11(15)10(13)12(2,3)4/h8-10H,6-7,13H2,1-5H3/t8?,9?,10-/m1/s1. The number of amides is 1. The second-order valence-corrected chi connectivity index (χ2v) is 6.04. The molecule has 0 bridgehead atoms. The van der Waals surface area contributed by atoms with E-state index in [0.717, 1.165) is 12.5 Å². The van der Waals surface area contributed by atoms with Gasteiger partial charge >= 0.3 is 0 Å². The zero-order valence-electron chi connectivity index (χ0n) is 10.6. The van der Waals surface area contributed by atoms with Gasteiger partial charge in [0.1, 0.15) is 0 Å². The van der Waals surface area contributed by atoms with Crippen LogP contribution in [0, 0.1) is 17.3 Å². The van der Waals surface area contributed by atoms with Crippen molar-refractivity contribution in [1.29, 1.82) is 0 Å². The molecule has 1 aliphatic rings. The van der Waals surface area contributed by atoms with E-state index in [-0.39, 0.29) is 11.3 Å². The number of nitrogens with two attached hydrogens (primary N) is 1. The smallest absolute Gasteiger partial charge is 0.239 e. The number of hydrogen-bond donors (Lipinski definition) is 1. The first-order valence-electron chi connectivity index (χ1n) is 5.74. The Kier molecular flexibility index (Phi) is 3.44. The average molecular weight is 212 g/mol. The monoisotopic (exact) mass is 212 g/mol. The molecule has 0 spiro atoms. The molecule has 1 fully saturated rings. The number of carbonyl (C=O) groups excluding carboxylic acids is 1. The van der Waals surface area contributed by atoms with Crippen molar-refractivity contribution in [2.24, 2.45) is 23.0 Å². The van der Waals surface area contributed by atoms with Crippen molar-refractivity contribution < 1.29 is 4.79 Å². The Balaban J connectivity index is 2.45. The van der Waals surface area contributed by atoms with Gasteiger partial charge in [0, 0.05) is 13.6 Å². The normalized spacial score (nSPS) is 27.3. The molecule has 88 valence electrons. The summed E-state index contributed by atoms with van der Waals surface area (Å²) < 4.78 is 0. The lowest BCUT2D eigenvalue weighted by Crippen LogP contribution is -2.49. The number of carbonyl (C=O) groups is 1. The third-order valence-corrected chi connectivity index (χ3v) is 3.36. The van der Waals surface area contributed by atoms with E-state index in [9.17, 15) is 4.79 Å². The van der Waals surface area contributed by atoms with E-state index in [1.165, 1.54) is 6.42 Å². The molecule has 15 heavy (non-hydrogen) atoms. The first kappa shape index (κ1) is 12.5. The Labute approximate surface area is 93.0 Å². The molecular weight excluding hydrogens is 188 g/mol. The molecule has 2 unspecified atom stereocenters. The van der Waals surface area contributed by atoms with Crippen LogP contribution in [0.25, 0.3) is 0 Å². The van der Waals surface area contributed by atoms with Crippen LogP contribution in [0.15, 0.2) is 0 Å². The molecule has 1 saturated carbocycles. The van der Waals surface area contributed by atoms with Crippen LogP contribution in [-0.4, -0.2) is 30.4 Å². The lowest BCUT2D eigenvalue weighted by atomic mass is 9.86. The minimum atomic E-state index is -0.392. The number of rotatable bonds is 3. The molecule has 0 radical (unpaired) electrons. The van der Waals surface area contributed by atoms with E-state index >= 15 is 0 Å². The Morgan fingerprint density at radius 2 is 2.00 bits per heavy atom. The van der Waals surface area contributed by atoms with Gasteiger partial charge in [-0.1, -0.05) is 27.7 Å². The molecule has 0 saturated heterocycles. The van der Waals surface area contributed by atoms with E-state index in [2.05, 4.69) is 6.92 Å². The molecule has 1 aliphatic carbocycles. The summed E-state index contributed by atoms with van der Waals surface area (Å²) in [6.45, 7) is 9.10. The summed E-state index contributed by atoms with van der Waals surface area (Å²) in [6, 6.07) is -0.392. The summed E-state index contributed by atoms with van der Waals surface area (Å²) >= 11 is 0. The molecule has 3 heteroatoms. The van der Waals surface area contributed by atoms with Gasteiger partial charge in [-0.05, 0) is 23.7 Å². The largest absolute Gasteiger partial charge is 0.344 e. The minimum absolute atomic E-state index is 0.0709. The molecule has 0 heterocycles. The highest BCUT2D eigenvalue weighted by Crippen LogP contribution is 2.38. The van der Waals surface area contributed by atoms with Gasteiger partial charge < -0.3 is 10.6 Å². The topological polar surface area (TPSA) is 46.3 Å². The molecule has 0 aromatic rings. The first-order chi connectivity index (χ1) is 6.73.